The Morgan fingerprint density at radius 1 is 1.07 bits per heavy atom. The van der Waals surface area contributed by atoms with Crippen LogP contribution >= 0.6 is 8.38 Å². The van der Waals surface area contributed by atoms with Crippen molar-refractivity contribution in [1.29, 1.82) is 0 Å². The van der Waals surface area contributed by atoms with Crippen LogP contribution in [-0.2, 0) is 9.05 Å². The Kier molecular flexibility index (Phi) is 5.24. The van der Waals surface area contributed by atoms with E-state index >= 15 is 0 Å². The first kappa shape index (κ1) is 12.6. The van der Waals surface area contributed by atoms with E-state index in [1.54, 1.807) is 0 Å². The zero-order valence-electron chi connectivity index (χ0n) is 9.91. The van der Waals surface area contributed by atoms with Crippen molar-refractivity contribution in [2.24, 2.45) is 0 Å². The third-order valence-electron chi connectivity index (χ3n) is 2.27. The van der Waals surface area contributed by atoms with E-state index < -0.39 is 8.38 Å². The van der Waals surface area contributed by atoms with Crippen molar-refractivity contribution < 1.29 is 9.05 Å². The van der Waals surface area contributed by atoms with Crippen molar-refractivity contribution in [3.63, 3.8) is 0 Å². The Labute approximate surface area is 93.5 Å². The first-order valence-electron chi connectivity index (χ1n) is 5.32. The van der Waals surface area contributed by atoms with E-state index in [1.165, 1.54) is 16.4 Å². The summed E-state index contributed by atoms with van der Waals surface area (Å²) in [7, 11) is -0.893. The molecule has 0 heterocycles. The summed E-state index contributed by atoms with van der Waals surface area (Å²) in [5, 5.41) is 1.20. The highest BCUT2D eigenvalue weighted by atomic mass is 31.2. The van der Waals surface area contributed by atoms with Gasteiger partial charge in [-0.15, -0.1) is 0 Å². The Hall–Kier alpha value is -0.430. The van der Waals surface area contributed by atoms with Gasteiger partial charge in [-0.25, -0.2) is 0 Å². The van der Waals surface area contributed by atoms with Crippen LogP contribution in [0, 0.1) is 13.8 Å². The largest absolute Gasteiger partial charge is 0.331 e. The van der Waals surface area contributed by atoms with Gasteiger partial charge in [-0.3, -0.25) is 0 Å². The molecule has 0 aliphatic carbocycles. The molecular formula is C12H19O2P. The van der Waals surface area contributed by atoms with Crippen LogP contribution in [0.15, 0.2) is 18.2 Å². The average molecular weight is 226 g/mol. The molecule has 3 heteroatoms. The Morgan fingerprint density at radius 2 is 1.67 bits per heavy atom. The predicted molar refractivity (Wildman–Crippen MR) is 65.7 cm³/mol. The highest BCUT2D eigenvalue weighted by molar-refractivity contribution is 7.56. The maximum absolute atomic E-state index is 5.65. The Bertz CT molecular complexity index is 306. The fraction of sp³-hybridized carbons (Fsp3) is 0.500. The molecule has 1 aromatic carbocycles. The third kappa shape index (κ3) is 3.27. The van der Waals surface area contributed by atoms with E-state index in [4.69, 9.17) is 9.05 Å². The van der Waals surface area contributed by atoms with Crippen molar-refractivity contribution in [2.45, 2.75) is 27.7 Å². The molecule has 1 aromatic rings. The highest BCUT2D eigenvalue weighted by Crippen LogP contribution is 2.38. The lowest BCUT2D eigenvalue weighted by molar-refractivity contribution is 0.277. The van der Waals surface area contributed by atoms with Gasteiger partial charge in [-0.05, 0) is 44.9 Å². The van der Waals surface area contributed by atoms with Gasteiger partial charge in [0.25, 0.3) is 0 Å². The van der Waals surface area contributed by atoms with Gasteiger partial charge in [0.1, 0.15) is 0 Å². The summed E-state index contributed by atoms with van der Waals surface area (Å²) in [6.07, 6.45) is 0. The van der Waals surface area contributed by atoms with Gasteiger partial charge in [0, 0.05) is 5.30 Å². The molecule has 1 rings (SSSR count). The lowest BCUT2D eigenvalue weighted by Gasteiger charge is -2.18. The van der Waals surface area contributed by atoms with Crippen LogP contribution < -0.4 is 5.30 Å². The van der Waals surface area contributed by atoms with Crippen LogP contribution in [0.25, 0.3) is 0 Å². The molecule has 0 aliphatic heterocycles. The van der Waals surface area contributed by atoms with Crippen LogP contribution in [0.4, 0.5) is 0 Å². The summed E-state index contributed by atoms with van der Waals surface area (Å²) in [5.74, 6) is 0. The molecule has 0 bridgehead atoms. The molecule has 0 aliphatic rings. The molecule has 0 fully saturated rings. The van der Waals surface area contributed by atoms with E-state index in [1.807, 2.05) is 13.8 Å². The molecule has 0 aromatic heterocycles. The summed E-state index contributed by atoms with van der Waals surface area (Å²) < 4.78 is 11.3. The minimum Gasteiger partial charge on any atom is -0.331 e. The molecule has 84 valence electrons. The van der Waals surface area contributed by atoms with Gasteiger partial charge in [-0.2, -0.15) is 0 Å². The van der Waals surface area contributed by atoms with Crippen molar-refractivity contribution in [3.8, 4) is 0 Å². The van der Waals surface area contributed by atoms with Crippen LogP contribution in [0.1, 0.15) is 25.0 Å². The van der Waals surface area contributed by atoms with Gasteiger partial charge in [0.15, 0.2) is 0 Å². The summed E-state index contributed by atoms with van der Waals surface area (Å²) in [6.45, 7) is 9.62. The van der Waals surface area contributed by atoms with Gasteiger partial charge < -0.3 is 9.05 Å². The van der Waals surface area contributed by atoms with Crippen molar-refractivity contribution >= 4 is 13.7 Å². The highest BCUT2D eigenvalue weighted by Gasteiger charge is 2.15. The molecule has 0 amide bonds. The summed E-state index contributed by atoms with van der Waals surface area (Å²) >= 11 is 0. The smallest absolute Gasteiger partial charge is 0.205 e. The molecule has 0 unspecified atom stereocenters. The second kappa shape index (κ2) is 6.22. The number of hydrogen-bond donors (Lipinski definition) is 0. The normalized spacial score (nSPS) is 11.0. The van der Waals surface area contributed by atoms with Crippen LogP contribution in [-0.4, -0.2) is 13.2 Å². The summed E-state index contributed by atoms with van der Waals surface area (Å²) in [5.41, 5.74) is 2.57. The second-order valence-electron chi connectivity index (χ2n) is 3.31. The standard InChI is InChI=1S/C12H19O2P/c1-5-13-15(14-6-2)12-9-7-8-10(3)11(12)4/h7-9H,5-6H2,1-4H3. The van der Waals surface area contributed by atoms with E-state index in [-0.39, 0.29) is 0 Å². The van der Waals surface area contributed by atoms with Crippen molar-refractivity contribution in [3.05, 3.63) is 29.3 Å². The van der Waals surface area contributed by atoms with Gasteiger partial charge in [0.2, 0.25) is 8.38 Å². The monoisotopic (exact) mass is 226 g/mol. The Balaban J connectivity index is 2.94. The van der Waals surface area contributed by atoms with E-state index in [0.29, 0.717) is 13.2 Å². The zero-order valence-corrected chi connectivity index (χ0v) is 10.8. The number of hydrogen-bond acceptors (Lipinski definition) is 2. The molecule has 2 nitrogen and oxygen atoms in total. The molecule has 0 N–H and O–H groups in total. The first-order chi connectivity index (χ1) is 7.20. The minimum atomic E-state index is -0.893. The SMILES string of the molecule is CCOP(OCC)c1cccc(C)c1C. The van der Waals surface area contributed by atoms with Crippen LogP contribution in [0.5, 0.6) is 0 Å². The molecule has 0 atom stereocenters. The molecule has 0 saturated carbocycles. The van der Waals surface area contributed by atoms with Gasteiger partial charge >= 0.3 is 0 Å². The Morgan fingerprint density at radius 3 is 2.20 bits per heavy atom. The lowest BCUT2D eigenvalue weighted by atomic mass is 10.1. The molecular weight excluding hydrogens is 207 g/mol. The first-order valence-corrected chi connectivity index (χ1v) is 6.50. The summed E-state index contributed by atoms with van der Waals surface area (Å²) in [4.78, 5) is 0. The number of benzene rings is 1. The fourth-order valence-electron chi connectivity index (χ4n) is 1.34. The topological polar surface area (TPSA) is 18.5 Å². The minimum absolute atomic E-state index is 0.694. The molecule has 0 spiro atoms. The molecule has 15 heavy (non-hydrogen) atoms. The van der Waals surface area contributed by atoms with E-state index in [9.17, 15) is 0 Å². The van der Waals surface area contributed by atoms with E-state index in [2.05, 4.69) is 32.0 Å². The second-order valence-corrected chi connectivity index (χ2v) is 4.82. The zero-order chi connectivity index (χ0) is 11.3. The number of aryl methyl sites for hydroxylation is 1. The predicted octanol–water partition coefficient (Wildman–Crippen LogP) is 3.31. The third-order valence-corrected chi connectivity index (χ3v) is 4.13. The van der Waals surface area contributed by atoms with Crippen molar-refractivity contribution in [2.75, 3.05) is 13.2 Å². The average Bonchev–Trinajstić information content (AvgIpc) is 2.22. The van der Waals surface area contributed by atoms with Gasteiger partial charge in [-0.1, -0.05) is 12.1 Å². The van der Waals surface area contributed by atoms with Crippen molar-refractivity contribution in [1.82, 2.24) is 0 Å². The lowest BCUT2D eigenvalue weighted by Crippen LogP contribution is -2.10. The maximum atomic E-state index is 5.65. The summed E-state index contributed by atoms with van der Waals surface area (Å²) in [6, 6.07) is 6.27. The maximum Gasteiger partial charge on any atom is 0.205 e. The van der Waals surface area contributed by atoms with Crippen LogP contribution in [0.2, 0.25) is 0 Å². The van der Waals surface area contributed by atoms with Crippen LogP contribution in [0.3, 0.4) is 0 Å². The molecule has 0 radical (unpaired) electrons. The van der Waals surface area contributed by atoms with E-state index in [0.717, 1.165) is 0 Å². The fourth-order valence-corrected chi connectivity index (χ4v) is 2.82. The quantitative estimate of drug-likeness (QED) is 0.717. The molecule has 0 saturated heterocycles. The number of rotatable bonds is 5. The van der Waals surface area contributed by atoms with Gasteiger partial charge in [0.05, 0.1) is 13.2 Å².